The number of halogens is 1. The number of hydrogen-bond donors (Lipinski definition) is 0. The maximum Gasteiger partial charge on any atom is 0.235 e. The van der Waals surface area contributed by atoms with Crippen LogP contribution in [-0.4, -0.2) is 17.8 Å². The van der Waals surface area contributed by atoms with Crippen molar-refractivity contribution in [1.82, 2.24) is 0 Å². The summed E-state index contributed by atoms with van der Waals surface area (Å²) in [5.74, 6) is -0.0982. The maximum absolute atomic E-state index is 13.5. The molecule has 1 fully saturated rings. The predicted octanol–water partition coefficient (Wildman–Crippen LogP) is 2.24. The Bertz CT molecular complexity index is 203. The molecule has 0 N–H and O–H groups in total. The summed E-state index contributed by atoms with van der Waals surface area (Å²) in [4.78, 5) is 13.6. The lowest BCUT2D eigenvalue weighted by Crippen LogP contribution is -2.31. The second-order valence-electron chi connectivity index (χ2n) is 3.89. The molecule has 0 aromatic rings. The lowest BCUT2D eigenvalue weighted by atomic mass is 9.88. The minimum Gasteiger partial charge on any atom is -0.244 e. The van der Waals surface area contributed by atoms with Crippen LogP contribution in [0.15, 0.2) is 4.99 Å². The van der Waals surface area contributed by atoms with Crippen molar-refractivity contribution >= 4 is 6.08 Å². The van der Waals surface area contributed by atoms with Gasteiger partial charge in [0.05, 0.1) is 6.04 Å². The average Bonchev–Trinajstić information content (AvgIpc) is 2.34. The van der Waals surface area contributed by atoms with Gasteiger partial charge in [-0.15, -0.1) is 0 Å². The Kier molecular flexibility index (Phi) is 2.63. The topological polar surface area (TPSA) is 29.4 Å². The molecule has 0 heterocycles. The van der Waals surface area contributed by atoms with Crippen molar-refractivity contribution in [3.8, 4) is 0 Å². The summed E-state index contributed by atoms with van der Waals surface area (Å²) >= 11 is 0. The number of alkyl halides is 1. The molecule has 0 aromatic heterocycles. The van der Waals surface area contributed by atoms with E-state index in [1.165, 1.54) is 6.08 Å². The third kappa shape index (κ3) is 1.92. The highest BCUT2D eigenvalue weighted by molar-refractivity contribution is 5.34. The van der Waals surface area contributed by atoms with Crippen LogP contribution in [0, 0.1) is 5.92 Å². The number of hydrogen-bond acceptors (Lipinski definition) is 2. The van der Waals surface area contributed by atoms with Gasteiger partial charge in [-0.05, 0) is 26.7 Å². The van der Waals surface area contributed by atoms with Crippen molar-refractivity contribution in [3.05, 3.63) is 0 Å². The van der Waals surface area contributed by atoms with Crippen LogP contribution >= 0.6 is 0 Å². The van der Waals surface area contributed by atoms with Crippen molar-refractivity contribution in [2.75, 3.05) is 0 Å². The third-order valence-corrected chi connectivity index (χ3v) is 2.58. The Morgan fingerprint density at radius 3 is 2.67 bits per heavy atom. The van der Waals surface area contributed by atoms with E-state index in [2.05, 4.69) is 4.99 Å². The summed E-state index contributed by atoms with van der Waals surface area (Å²) in [6, 6.07) is -0.137. The van der Waals surface area contributed by atoms with Gasteiger partial charge in [0, 0.05) is 5.92 Å². The largest absolute Gasteiger partial charge is 0.244 e. The van der Waals surface area contributed by atoms with Crippen molar-refractivity contribution in [2.45, 2.75) is 44.8 Å². The van der Waals surface area contributed by atoms with Gasteiger partial charge in [0.15, 0.2) is 0 Å². The second kappa shape index (κ2) is 3.36. The number of aliphatic imine (C=N–C) groups is 1. The van der Waals surface area contributed by atoms with E-state index in [-0.39, 0.29) is 12.0 Å². The van der Waals surface area contributed by atoms with E-state index in [0.29, 0.717) is 0 Å². The fourth-order valence-electron chi connectivity index (χ4n) is 1.96. The summed E-state index contributed by atoms with van der Waals surface area (Å²) < 4.78 is 13.5. The molecule has 68 valence electrons. The number of rotatable bonds is 2. The Labute approximate surface area is 71.9 Å². The first kappa shape index (κ1) is 9.40. The van der Waals surface area contributed by atoms with Crippen LogP contribution in [0.25, 0.3) is 0 Å². The van der Waals surface area contributed by atoms with E-state index in [1.807, 2.05) is 0 Å². The molecule has 2 nitrogen and oxygen atoms in total. The minimum atomic E-state index is -1.22. The van der Waals surface area contributed by atoms with Gasteiger partial charge in [-0.2, -0.15) is 0 Å². The van der Waals surface area contributed by atoms with Crippen LogP contribution in [0.2, 0.25) is 0 Å². The van der Waals surface area contributed by atoms with Gasteiger partial charge in [-0.3, -0.25) is 0 Å². The Hall–Kier alpha value is -0.690. The van der Waals surface area contributed by atoms with Crippen LogP contribution in [0.5, 0.6) is 0 Å². The Morgan fingerprint density at radius 2 is 2.17 bits per heavy atom. The van der Waals surface area contributed by atoms with Crippen LogP contribution in [0.1, 0.15) is 33.1 Å². The predicted molar refractivity (Wildman–Crippen MR) is 44.4 cm³/mol. The van der Waals surface area contributed by atoms with Gasteiger partial charge in [-0.1, -0.05) is 6.42 Å². The fraction of sp³-hybridized carbons (Fsp3) is 0.889. The van der Waals surface area contributed by atoms with Crippen LogP contribution < -0.4 is 0 Å². The van der Waals surface area contributed by atoms with E-state index in [4.69, 9.17) is 0 Å². The molecule has 3 heteroatoms. The van der Waals surface area contributed by atoms with Gasteiger partial charge in [-0.25, -0.2) is 14.2 Å². The van der Waals surface area contributed by atoms with Crippen LogP contribution in [0.3, 0.4) is 0 Å². The van der Waals surface area contributed by atoms with E-state index in [0.717, 1.165) is 19.3 Å². The number of nitrogens with zero attached hydrogens (tertiary/aromatic N) is 1. The molecule has 12 heavy (non-hydrogen) atoms. The molecule has 1 saturated carbocycles. The van der Waals surface area contributed by atoms with Gasteiger partial charge < -0.3 is 0 Å². The van der Waals surface area contributed by atoms with Crippen molar-refractivity contribution in [3.63, 3.8) is 0 Å². The van der Waals surface area contributed by atoms with Gasteiger partial charge in [0.25, 0.3) is 0 Å². The summed E-state index contributed by atoms with van der Waals surface area (Å²) in [5, 5.41) is 0. The van der Waals surface area contributed by atoms with Crippen molar-refractivity contribution in [1.29, 1.82) is 0 Å². The highest BCUT2D eigenvalue weighted by Gasteiger charge is 2.39. The monoisotopic (exact) mass is 171 g/mol. The number of carbonyl (C=O) groups excluding carboxylic acids is 1. The molecule has 0 radical (unpaired) electrons. The molecule has 0 spiro atoms. The molecule has 0 amide bonds. The van der Waals surface area contributed by atoms with E-state index in [1.54, 1.807) is 13.8 Å². The van der Waals surface area contributed by atoms with Gasteiger partial charge >= 0.3 is 0 Å². The summed E-state index contributed by atoms with van der Waals surface area (Å²) in [5.41, 5.74) is -1.22. The van der Waals surface area contributed by atoms with Crippen molar-refractivity contribution in [2.24, 2.45) is 10.9 Å². The molecular weight excluding hydrogens is 157 g/mol. The molecule has 2 unspecified atom stereocenters. The molecule has 0 aliphatic heterocycles. The average molecular weight is 171 g/mol. The highest BCUT2D eigenvalue weighted by Crippen LogP contribution is 2.37. The summed E-state index contributed by atoms with van der Waals surface area (Å²) in [6.45, 7) is 3.10. The van der Waals surface area contributed by atoms with Gasteiger partial charge in [0.2, 0.25) is 6.08 Å². The zero-order valence-electron chi connectivity index (χ0n) is 7.51. The molecule has 0 bridgehead atoms. The lowest BCUT2D eigenvalue weighted by Gasteiger charge is -2.25. The molecule has 1 rings (SSSR count). The third-order valence-electron chi connectivity index (χ3n) is 2.58. The maximum atomic E-state index is 13.5. The molecule has 2 atom stereocenters. The van der Waals surface area contributed by atoms with Crippen LogP contribution in [0.4, 0.5) is 4.39 Å². The van der Waals surface area contributed by atoms with E-state index < -0.39 is 5.67 Å². The number of isocyanates is 1. The first-order chi connectivity index (χ1) is 5.55. The summed E-state index contributed by atoms with van der Waals surface area (Å²) in [6.07, 6.45) is 4.15. The smallest absolute Gasteiger partial charge is 0.235 e. The van der Waals surface area contributed by atoms with Crippen LogP contribution in [-0.2, 0) is 4.79 Å². The Morgan fingerprint density at radius 1 is 1.50 bits per heavy atom. The summed E-state index contributed by atoms with van der Waals surface area (Å²) in [7, 11) is 0. The van der Waals surface area contributed by atoms with E-state index >= 15 is 0 Å². The SMILES string of the molecule is CC(C)(F)C1CCCC1N=C=O. The van der Waals surface area contributed by atoms with Gasteiger partial charge in [0.1, 0.15) is 5.67 Å². The molecule has 1 aliphatic carbocycles. The molecule has 0 aromatic carbocycles. The molecular formula is C9H14FNO. The fourth-order valence-corrected chi connectivity index (χ4v) is 1.96. The molecule has 0 saturated heterocycles. The van der Waals surface area contributed by atoms with E-state index in [9.17, 15) is 9.18 Å². The normalized spacial score (nSPS) is 29.9. The first-order valence-electron chi connectivity index (χ1n) is 4.31. The molecule has 1 aliphatic rings. The zero-order valence-corrected chi connectivity index (χ0v) is 7.51. The highest BCUT2D eigenvalue weighted by atomic mass is 19.1. The minimum absolute atomic E-state index is 0.0982. The lowest BCUT2D eigenvalue weighted by molar-refractivity contribution is 0.118. The standard InChI is InChI=1S/C9H14FNO/c1-9(2,10)7-4-3-5-8(7)11-6-12/h7-8H,3-5H2,1-2H3. The first-order valence-corrected chi connectivity index (χ1v) is 4.31. The second-order valence-corrected chi connectivity index (χ2v) is 3.89. The quantitative estimate of drug-likeness (QED) is 0.462. The van der Waals surface area contributed by atoms with Crippen molar-refractivity contribution < 1.29 is 9.18 Å². The zero-order chi connectivity index (χ0) is 9.19. The Balaban J connectivity index is 2.70.